The lowest BCUT2D eigenvalue weighted by molar-refractivity contribution is -0.111. The first-order valence-corrected chi connectivity index (χ1v) is 10.7. The SMILES string of the molecule is COc1cc(/C=C/C(=O)Nc2ccccc2-c2cn3c(n2)SCC3)cc(OC)c1OC. The third-order valence-electron chi connectivity index (χ3n) is 4.88. The van der Waals surface area contributed by atoms with Crippen LogP contribution in [0.3, 0.4) is 0 Å². The number of amides is 1. The fraction of sp³-hybridized carbons (Fsp3) is 0.217. The largest absolute Gasteiger partial charge is 0.493 e. The van der Waals surface area contributed by atoms with E-state index < -0.39 is 0 Å². The quantitative estimate of drug-likeness (QED) is 0.555. The molecule has 1 aromatic heterocycles. The van der Waals surface area contributed by atoms with Crippen molar-refractivity contribution in [2.75, 3.05) is 32.4 Å². The Morgan fingerprint density at radius 3 is 2.55 bits per heavy atom. The highest BCUT2D eigenvalue weighted by Gasteiger charge is 2.17. The highest BCUT2D eigenvalue weighted by atomic mass is 32.2. The number of para-hydroxylation sites is 1. The van der Waals surface area contributed by atoms with E-state index in [9.17, 15) is 4.79 Å². The normalized spacial score (nSPS) is 12.6. The molecule has 8 heteroatoms. The van der Waals surface area contributed by atoms with Crippen LogP contribution in [0.4, 0.5) is 5.69 Å². The molecule has 0 bridgehead atoms. The summed E-state index contributed by atoms with van der Waals surface area (Å²) in [7, 11) is 4.66. The van der Waals surface area contributed by atoms with Crippen molar-refractivity contribution in [2.45, 2.75) is 11.7 Å². The molecule has 0 aliphatic carbocycles. The van der Waals surface area contributed by atoms with Crippen LogP contribution in [0.5, 0.6) is 17.2 Å². The minimum Gasteiger partial charge on any atom is -0.493 e. The summed E-state index contributed by atoms with van der Waals surface area (Å²) in [4.78, 5) is 17.3. The molecule has 0 spiro atoms. The Kier molecular flexibility index (Phi) is 6.18. The number of carbonyl (C=O) groups excluding carboxylic acids is 1. The van der Waals surface area contributed by atoms with Crippen molar-refractivity contribution < 1.29 is 19.0 Å². The molecule has 1 N–H and O–H groups in total. The minimum absolute atomic E-state index is 0.248. The summed E-state index contributed by atoms with van der Waals surface area (Å²) in [5, 5.41) is 3.97. The summed E-state index contributed by atoms with van der Waals surface area (Å²) in [5.41, 5.74) is 3.20. The maximum atomic E-state index is 12.6. The van der Waals surface area contributed by atoms with Gasteiger partial charge in [0.2, 0.25) is 11.7 Å². The van der Waals surface area contributed by atoms with Crippen LogP contribution >= 0.6 is 11.8 Å². The molecule has 3 aromatic rings. The fourth-order valence-corrected chi connectivity index (χ4v) is 4.34. The van der Waals surface area contributed by atoms with Gasteiger partial charge in [-0.2, -0.15) is 0 Å². The molecule has 2 heterocycles. The van der Waals surface area contributed by atoms with Gasteiger partial charge in [0.1, 0.15) is 0 Å². The van der Waals surface area contributed by atoms with E-state index in [4.69, 9.17) is 19.2 Å². The third kappa shape index (κ3) is 4.39. The van der Waals surface area contributed by atoms with Crippen LogP contribution in [0.2, 0.25) is 0 Å². The van der Waals surface area contributed by atoms with Crippen LogP contribution in [0.1, 0.15) is 5.56 Å². The molecule has 2 aromatic carbocycles. The maximum Gasteiger partial charge on any atom is 0.248 e. The van der Waals surface area contributed by atoms with E-state index in [0.29, 0.717) is 22.9 Å². The molecule has 0 saturated heterocycles. The molecule has 0 radical (unpaired) electrons. The number of aryl methyl sites for hydroxylation is 1. The molecule has 0 fully saturated rings. The number of hydrogen-bond donors (Lipinski definition) is 1. The van der Waals surface area contributed by atoms with E-state index in [1.807, 2.05) is 30.5 Å². The number of rotatable bonds is 7. The van der Waals surface area contributed by atoms with E-state index in [0.717, 1.165) is 34.3 Å². The summed E-state index contributed by atoms with van der Waals surface area (Å²) >= 11 is 1.74. The lowest BCUT2D eigenvalue weighted by Crippen LogP contribution is -2.08. The monoisotopic (exact) mass is 437 g/mol. The number of anilines is 1. The van der Waals surface area contributed by atoms with Gasteiger partial charge in [0.25, 0.3) is 0 Å². The summed E-state index contributed by atoms with van der Waals surface area (Å²) in [5.74, 6) is 2.36. The van der Waals surface area contributed by atoms with E-state index in [1.54, 1.807) is 51.3 Å². The standard InChI is InChI=1S/C23H23N3O4S/c1-28-19-12-15(13-20(29-2)22(19)30-3)8-9-21(27)24-17-7-5-4-6-16(17)18-14-26-10-11-31-23(26)25-18/h4-9,12-14H,10-11H2,1-3H3,(H,24,27)/b9-8+. The minimum atomic E-state index is -0.248. The van der Waals surface area contributed by atoms with Gasteiger partial charge in [0.15, 0.2) is 16.7 Å². The number of nitrogens with one attached hydrogen (secondary N) is 1. The van der Waals surface area contributed by atoms with Gasteiger partial charge in [-0.1, -0.05) is 30.0 Å². The second-order valence-corrected chi connectivity index (χ2v) is 7.84. The van der Waals surface area contributed by atoms with Crippen LogP contribution in [0.15, 0.2) is 53.8 Å². The molecular weight excluding hydrogens is 414 g/mol. The van der Waals surface area contributed by atoms with Gasteiger partial charge in [-0.25, -0.2) is 4.98 Å². The van der Waals surface area contributed by atoms with Crippen LogP contribution in [-0.4, -0.2) is 42.5 Å². The number of hydrogen-bond acceptors (Lipinski definition) is 6. The van der Waals surface area contributed by atoms with Gasteiger partial charge >= 0.3 is 0 Å². The highest BCUT2D eigenvalue weighted by molar-refractivity contribution is 7.99. The zero-order valence-corrected chi connectivity index (χ0v) is 18.4. The van der Waals surface area contributed by atoms with Gasteiger partial charge in [-0.05, 0) is 29.8 Å². The number of imidazole rings is 1. The molecule has 0 unspecified atom stereocenters. The van der Waals surface area contributed by atoms with Gasteiger partial charge in [0, 0.05) is 30.1 Å². The summed E-state index contributed by atoms with van der Waals surface area (Å²) in [6.07, 6.45) is 5.21. The van der Waals surface area contributed by atoms with Crippen molar-refractivity contribution in [3.63, 3.8) is 0 Å². The molecule has 0 atom stereocenters. The zero-order valence-electron chi connectivity index (χ0n) is 17.5. The summed E-state index contributed by atoms with van der Waals surface area (Å²) in [6, 6.07) is 11.2. The Labute approximate surface area is 185 Å². The maximum absolute atomic E-state index is 12.6. The molecule has 160 valence electrons. The number of ether oxygens (including phenoxy) is 3. The van der Waals surface area contributed by atoms with E-state index >= 15 is 0 Å². The Hall–Kier alpha value is -3.39. The van der Waals surface area contributed by atoms with Crippen molar-refractivity contribution >= 4 is 29.4 Å². The number of nitrogens with zero attached hydrogens (tertiary/aromatic N) is 2. The van der Waals surface area contributed by atoms with Crippen molar-refractivity contribution in [1.82, 2.24) is 9.55 Å². The molecule has 31 heavy (non-hydrogen) atoms. The molecule has 1 amide bonds. The number of methoxy groups -OCH3 is 3. The lowest BCUT2D eigenvalue weighted by Gasteiger charge is -2.12. The Bertz CT molecular complexity index is 1090. The first-order valence-electron chi connectivity index (χ1n) is 9.71. The first kappa shape index (κ1) is 20.9. The average Bonchev–Trinajstić information content (AvgIpc) is 3.39. The molecule has 4 rings (SSSR count). The smallest absolute Gasteiger partial charge is 0.248 e. The molecule has 1 aliphatic rings. The lowest BCUT2D eigenvalue weighted by atomic mass is 10.1. The predicted molar refractivity (Wildman–Crippen MR) is 122 cm³/mol. The summed E-state index contributed by atoms with van der Waals surface area (Å²) in [6.45, 7) is 0.957. The van der Waals surface area contributed by atoms with Crippen molar-refractivity contribution in [2.24, 2.45) is 0 Å². The molecular formula is C23H23N3O4S. The predicted octanol–water partition coefficient (Wildman–Crippen LogP) is 4.33. The number of aromatic nitrogens is 2. The third-order valence-corrected chi connectivity index (χ3v) is 5.85. The number of carbonyl (C=O) groups is 1. The van der Waals surface area contributed by atoms with E-state index in [-0.39, 0.29) is 5.91 Å². The highest BCUT2D eigenvalue weighted by Crippen LogP contribution is 2.38. The van der Waals surface area contributed by atoms with Crippen LogP contribution < -0.4 is 19.5 Å². The second kappa shape index (κ2) is 9.18. The van der Waals surface area contributed by atoms with Crippen molar-refractivity contribution in [1.29, 1.82) is 0 Å². The van der Waals surface area contributed by atoms with Gasteiger partial charge in [-0.15, -0.1) is 0 Å². The Balaban J connectivity index is 1.54. The summed E-state index contributed by atoms with van der Waals surface area (Å²) < 4.78 is 18.2. The van der Waals surface area contributed by atoms with Crippen molar-refractivity contribution in [3.05, 3.63) is 54.2 Å². The Morgan fingerprint density at radius 2 is 1.87 bits per heavy atom. The van der Waals surface area contributed by atoms with Gasteiger partial charge in [-0.3, -0.25) is 4.79 Å². The van der Waals surface area contributed by atoms with E-state index in [1.165, 1.54) is 6.08 Å². The second-order valence-electron chi connectivity index (χ2n) is 6.78. The van der Waals surface area contributed by atoms with Crippen LogP contribution in [0.25, 0.3) is 17.3 Å². The first-order chi connectivity index (χ1) is 15.1. The zero-order chi connectivity index (χ0) is 21.8. The topological polar surface area (TPSA) is 74.6 Å². The van der Waals surface area contributed by atoms with Crippen molar-refractivity contribution in [3.8, 4) is 28.5 Å². The van der Waals surface area contributed by atoms with Crippen LogP contribution in [-0.2, 0) is 11.3 Å². The molecule has 7 nitrogen and oxygen atoms in total. The van der Waals surface area contributed by atoms with Gasteiger partial charge < -0.3 is 24.1 Å². The molecule has 0 saturated carbocycles. The van der Waals surface area contributed by atoms with E-state index in [2.05, 4.69) is 9.88 Å². The van der Waals surface area contributed by atoms with Crippen LogP contribution in [0, 0.1) is 0 Å². The average molecular weight is 438 g/mol. The number of benzene rings is 2. The number of thioether (sulfide) groups is 1. The van der Waals surface area contributed by atoms with Gasteiger partial charge in [0.05, 0.1) is 32.7 Å². The number of fused-ring (bicyclic) bond motifs is 1. The molecule has 1 aliphatic heterocycles. The fourth-order valence-electron chi connectivity index (χ4n) is 3.40. The Morgan fingerprint density at radius 1 is 1.13 bits per heavy atom.